The topological polar surface area (TPSA) is 24.1 Å². The minimum absolute atomic E-state index is 0.238. The number of hydrogen-bond acceptors (Lipinski definition) is 2. The van der Waals surface area contributed by atoms with Gasteiger partial charge >= 0.3 is 0 Å². The molecule has 0 aromatic carbocycles. The average molecular weight is 242 g/mol. The van der Waals surface area contributed by atoms with Gasteiger partial charge in [0.1, 0.15) is 0 Å². The van der Waals surface area contributed by atoms with Gasteiger partial charge in [0.15, 0.2) is 0 Å². The molecule has 1 saturated carbocycles. The van der Waals surface area contributed by atoms with Crippen LogP contribution in [0.2, 0.25) is 0 Å². The maximum absolute atomic E-state index is 3.80. The lowest BCUT2D eigenvalue weighted by Gasteiger charge is -2.42. The summed E-state index contributed by atoms with van der Waals surface area (Å²) in [4.78, 5) is 0. The van der Waals surface area contributed by atoms with E-state index in [1.54, 1.807) is 5.57 Å². The van der Waals surface area contributed by atoms with E-state index in [9.17, 15) is 0 Å². The summed E-state index contributed by atoms with van der Waals surface area (Å²) in [7, 11) is 0. The second-order valence-corrected chi connectivity index (χ2v) is 6.71. The second-order valence-electron chi connectivity index (χ2n) is 6.71. The van der Waals surface area contributed by atoms with Gasteiger partial charge in [-0.05, 0) is 43.8 Å². The number of rotatable bonds is 0. The fourth-order valence-corrected chi connectivity index (χ4v) is 4.28. The van der Waals surface area contributed by atoms with Gasteiger partial charge in [0.05, 0.1) is 0 Å². The van der Waals surface area contributed by atoms with Crippen molar-refractivity contribution < 1.29 is 0 Å². The molecule has 2 fully saturated rings. The van der Waals surface area contributed by atoms with Crippen molar-refractivity contribution in [1.29, 1.82) is 0 Å². The van der Waals surface area contributed by atoms with Crippen molar-refractivity contribution in [3.05, 3.63) is 35.1 Å². The maximum atomic E-state index is 3.80. The Balaban J connectivity index is 1.90. The van der Waals surface area contributed by atoms with Crippen molar-refractivity contribution in [3.8, 4) is 0 Å². The molecule has 4 bridgehead atoms. The molecular formula is C16H22N2. The Morgan fingerprint density at radius 2 is 2.28 bits per heavy atom. The fraction of sp³-hybridized carbons (Fsp3) is 0.625. The second kappa shape index (κ2) is 3.51. The monoisotopic (exact) mass is 242 g/mol. The van der Waals surface area contributed by atoms with Crippen LogP contribution in [-0.4, -0.2) is 18.1 Å². The minimum Gasteiger partial charge on any atom is -0.385 e. The molecule has 2 nitrogen and oxygen atoms in total. The van der Waals surface area contributed by atoms with E-state index in [0.717, 1.165) is 12.5 Å². The van der Waals surface area contributed by atoms with Crippen LogP contribution >= 0.6 is 0 Å². The van der Waals surface area contributed by atoms with Crippen LogP contribution in [0, 0.1) is 11.8 Å². The Labute approximate surface area is 109 Å². The highest BCUT2D eigenvalue weighted by Gasteiger charge is 2.45. The number of nitrogens with one attached hydrogen (secondary N) is 2. The van der Waals surface area contributed by atoms with Crippen LogP contribution in [0.3, 0.4) is 0 Å². The Bertz CT molecular complexity index is 485. The highest BCUT2D eigenvalue weighted by Crippen LogP contribution is 2.46. The quantitative estimate of drug-likeness (QED) is 0.682. The molecule has 0 spiro atoms. The van der Waals surface area contributed by atoms with Crippen molar-refractivity contribution in [2.24, 2.45) is 11.8 Å². The highest BCUT2D eigenvalue weighted by atomic mass is 15.0. The van der Waals surface area contributed by atoms with Gasteiger partial charge in [-0.3, -0.25) is 0 Å². The predicted octanol–water partition coefficient (Wildman–Crippen LogP) is 2.51. The molecule has 18 heavy (non-hydrogen) atoms. The number of fused-ring (bicyclic) bond motifs is 2. The number of hydrogen-bond donors (Lipinski definition) is 2. The molecule has 4 aliphatic rings. The third-order valence-electron chi connectivity index (χ3n) is 5.65. The summed E-state index contributed by atoms with van der Waals surface area (Å²) in [6.07, 6.45) is 10.8. The first-order valence-electron chi connectivity index (χ1n) is 7.27. The van der Waals surface area contributed by atoms with Crippen LogP contribution in [0.5, 0.6) is 0 Å². The van der Waals surface area contributed by atoms with Crippen molar-refractivity contribution in [2.45, 2.75) is 44.7 Å². The van der Waals surface area contributed by atoms with Crippen LogP contribution in [-0.2, 0) is 0 Å². The molecule has 96 valence electrons. The van der Waals surface area contributed by atoms with Crippen molar-refractivity contribution >= 4 is 0 Å². The van der Waals surface area contributed by atoms with E-state index in [-0.39, 0.29) is 5.54 Å². The fourth-order valence-electron chi connectivity index (χ4n) is 4.28. The molecule has 0 aromatic heterocycles. The van der Waals surface area contributed by atoms with E-state index < -0.39 is 0 Å². The van der Waals surface area contributed by atoms with Gasteiger partial charge in [0, 0.05) is 29.7 Å². The first-order valence-corrected chi connectivity index (χ1v) is 7.27. The van der Waals surface area contributed by atoms with E-state index in [1.807, 2.05) is 0 Å². The van der Waals surface area contributed by atoms with Crippen molar-refractivity contribution in [3.63, 3.8) is 0 Å². The van der Waals surface area contributed by atoms with E-state index in [4.69, 9.17) is 0 Å². The highest BCUT2D eigenvalue weighted by molar-refractivity contribution is 5.45. The SMILES string of the molecule is CC1C2CC3CC4=C(C=C3N2)/C=C\CNC1(C)C4. The van der Waals surface area contributed by atoms with Gasteiger partial charge in [-0.15, -0.1) is 0 Å². The minimum atomic E-state index is 0.238. The summed E-state index contributed by atoms with van der Waals surface area (Å²) in [5.74, 6) is 1.45. The molecule has 2 heterocycles. The standard InChI is InChI=1S/C16H22N2/c1-10-14-8-12-6-13-9-16(10,2)17-5-3-4-11(13)7-15(12)18-14/h3-4,7,10,12,14,17-18H,5-6,8-9H2,1-2H3/b4-3-. The summed E-state index contributed by atoms with van der Waals surface area (Å²) < 4.78 is 0. The van der Waals surface area contributed by atoms with Crippen LogP contribution in [0.1, 0.15) is 33.1 Å². The summed E-state index contributed by atoms with van der Waals surface area (Å²) in [5.41, 5.74) is 4.89. The van der Waals surface area contributed by atoms with E-state index in [0.29, 0.717) is 12.0 Å². The lowest BCUT2D eigenvalue weighted by molar-refractivity contribution is 0.195. The van der Waals surface area contributed by atoms with Gasteiger partial charge in [-0.2, -0.15) is 0 Å². The molecule has 0 amide bonds. The maximum Gasteiger partial charge on any atom is 0.0308 e. The first-order chi connectivity index (χ1) is 8.66. The molecule has 2 N–H and O–H groups in total. The molecule has 4 unspecified atom stereocenters. The van der Waals surface area contributed by atoms with E-state index >= 15 is 0 Å². The zero-order valence-electron chi connectivity index (χ0n) is 11.3. The predicted molar refractivity (Wildman–Crippen MR) is 74.1 cm³/mol. The van der Waals surface area contributed by atoms with Crippen LogP contribution < -0.4 is 10.6 Å². The Hall–Kier alpha value is -1.02. The molecule has 4 rings (SSSR count). The normalized spacial score (nSPS) is 47.0. The third kappa shape index (κ3) is 1.38. The van der Waals surface area contributed by atoms with Crippen LogP contribution in [0.25, 0.3) is 0 Å². The molecule has 2 aliphatic heterocycles. The smallest absolute Gasteiger partial charge is 0.0308 e. The molecule has 2 aliphatic carbocycles. The largest absolute Gasteiger partial charge is 0.385 e. The lowest BCUT2D eigenvalue weighted by Crippen LogP contribution is -2.54. The zero-order valence-corrected chi connectivity index (χ0v) is 11.3. The third-order valence-corrected chi connectivity index (χ3v) is 5.65. The van der Waals surface area contributed by atoms with Crippen molar-refractivity contribution in [2.75, 3.05) is 6.54 Å². The summed E-state index contributed by atoms with van der Waals surface area (Å²) in [6, 6.07) is 0.651. The average Bonchev–Trinajstić information content (AvgIpc) is 2.74. The van der Waals surface area contributed by atoms with Gasteiger partial charge in [-0.1, -0.05) is 24.6 Å². The Kier molecular flexibility index (Phi) is 2.12. The first kappa shape index (κ1) is 10.9. The number of allylic oxidation sites excluding steroid dienone is 4. The van der Waals surface area contributed by atoms with Crippen molar-refractivity contribution in [1.82, 2.24) is 10.6 Å². The van der Waals surface area contributed by atoms with E-state index in [2.05, 4.69) is 42.7 Å². The molecule has 1 saturated heterocycles. The molecule has 2 heteroatoms. The zero-order chi connectivity index (χ0) is 12.3. The Morgan fingerprint density at radius 3 is 3.17 bits per heavy atom. The lowest BCUT2D eigenvalue weighted by atomic mass is 9.70. The van der Waals surface area contributed by atoms with Crippen LogP contribution in [0.15, 0.2) is 35.1 Å². The van der Waals surface area contributed by atoms with Gasteiger partial charge in [0.25, 0.3) is 0 Å². The summed E-state index contributed by atoms with van der Waals surface area (Å²) in [5, 5.41) is 7.59. The summed E-state index contributed by atoms with van der Waals surface area (Å²) in [6.45, 7) is 5.83. The molecule has 0 radical (unpaired) electrons. The molecular weight excluding hydrogens is 220 g/mol. The van der Waals surface area contributed by atoms with Gasteiger partial charge < -0.3 is 10.6 Å². The van der Waals surface area contributed by atoms with Gasteiger partial charge in [0.2, 0.25) is 0 Å². The molecule has 4 atom stereocenters. The summed E-state index contributed by atoms with van der Waals surface area (Å²) >= 11 is 0. The van der Waals surface area contributed by atoms with E-state index in [1.165, 1.54) is 30.5 Å². The Morgan fingerprint density at radius 1 is 1.39 bits per heavy atom. The van der Waals surface area contributed by atoms with Gasteiger partial charge in [-0.25, -0.2) is 0 Å². The van der Waals surface area contributed by atoms with Crippen LogP contribution in [0.4, 0.5) is 0 Å². The molecule has 0 aromatic rings.